The fraction of sp³-hybridized carbons (Fsp3) is 0.440. The van der Waals surface area contributed by atoms with E-state index in [2.05, 4.69) is 73.6 Å². The van der Waals surface area contributed by atoms with Crippen LogP contribution in [0.1, 0.15) is 63.8 Å². The van der Waals surface area contributed by atoms with Crippen molar-refractivity contribution in [3.63, 3.8) is 0 Å². The maximum atomic E-state index is 10.7. The maximum Gasteiger partial charge on any atom is 0.123 e. The van der Waals surface area contributed by atoms with Crippen molar-refractivity contribution in [2.24, 2.45) is 0 Å². The molecule has 144 valence electrons. The van der Waals surface area contributed by atoms with Gasteiger partial charge >= 0.3 is 0 Å². The molecule has 0 unspecified atom stereocenters. The first-order valence-electron chi connectivity index (χ1n) is 9.65. The van der Waals surface area contributed by atoms with Crippen LogP contribution in [0.3, 0.4) is 0 Å². The summed E-state index contributed by atoms with van der Waals surface area (Å²) in [6.45, 7) is 17.4. The molecule has 0 bridgehead atoms. The van der Waals surface area contributed by atoms with Crippen LogP contribution in [-0.4, -0.2) is 12.2 Å². The lowest BCUT2D eigenvalue weighted by Gasteiger charge is -2.25. The SMILES string of the molecule is COc1cc2c(C)c3cc(C(C)(C)C)c(O)cc3c(C)c2cc1C(C)(C)C. The Labute approximate surface area is 163 Å². The second kappa shape index (κ2) is 6.15. The second-order valence-electron chi connectivity index (χ2n) is 9.76. The highest BCUT2D eigenvalue weighted by Crippen LogP contribution is 2.42. The van der Waals surface area contributed by atoms with Gasteiger partial charge in [0.2, 0.25) is 0 Å². The van der Waals surface area contributed by atoms with E-state index in [1.165, 1.54) is 32.8 Å². The Morgan fingerprint density at radius 3 is 1.52 bits per heavy atom. The Kier molecular flexibility index (Phi) is 4.45. The summed E-state index contributed by atoms with van der Waals surface area (Å²) in [6, 6.07) is 8.56. The van der Waals surface area contributed by atoms with Crippen molar-refractivity contribution < 1.29 is 9.84 Å². The molecule has 0 aliphatic carbocycles. The van der Waals surface area contributed by atoms with Gasteiger partial charge < -0.3 is 9.84 Å². The topological polar surface area (TPSA) is 29.5 Å². The van der Waals surface area contributed by atoms with Gasteiger partial charge in [-0.05, 0) is 87.2 Å². The summed E-state index contributed by atoms with van der Waals surface area (Å²) in [5.41, 5.74) is 4.50. The highest BCUT2D eigenvalue weighted by Gasteiger charge is 2.23. The molecule has 27 heavy (non-hydrogen) atoms. The molecule has 0 saturated carbocycles. The van der Waals surface area contributed by atoms with E-state index in [4.69, 9.17) is 4.74 Å². The molecule has 3 aromatic carbocycles. The molecule has 3 aromatic rings. The third-order valence-electron chi connectivity index (χ3n) is 5.71. The van der Waals surface area contributed by atoms with Crippen LogP contribution >= 0.6 is 0 Å². The smallest absolute Gasteiger partial charge is 0.123 e. The van der Waals surface area contributed by atoms with Crippen molar-refractivity contribution in [1.29, 1.82) is 0 Å². The number of phenols is 1. The minimum absolute atomic E-state index is 0.00688. The normalized spacial score (nSPS) is 12.8. The van der Waals surface area contributed by atoms with Gasteiger partial charge in [0.1, 0.15) is 11.5 Å². The van der Waals surface area contributed by atoms with E-state index in [-0.39, 0.29) is 10.8 Å². The van der Waals surface area contributed by atoms with Gasteiger partial charge in [0.05, 0.1) is 7.11 Å². The van der Waals surface area contributed by atoms with Crippen molar-refractivity contribution in [2.45, 2.75) is 66.2 Å². The van der Waals surface area contributed by atoms with E-state index in [0.717, 1.165) is 16.7 Å². The number of benzene rings is 3. The van der Waals surface area contributed by atoms with Gasteiger partial charge in [0.25, 0.3) is 0 Å². The average molecular weight is 365 g/mol. The molecule has 0 amide bonds. The molecule has 0 radical (unpaired) electrons. The van der Waals surface area contributed by atoms with Gasteiger partial charge in [-0.1, -0.05) is 41.5 Å². The van der Waals surface area contributed by atoms with Crippen molar-refractivity contribution in [3.05, 3.63) is 46.5 Å². The van der Waals surface area contributed by atoms with Crippen LogP contribution in [0.2, 0.25) is 0 Å². The zero-order valence-electron chi connectivity index (χ0n) is 18.2. The van der Waals surface area contributed by atoms with E-state index in [1.54, 1.807) is 7.11 Å². The Bertz CT molecular complexity index is 1040. The number of aryl methyl sites for hydroxylation is 2. The maximum absolute atomic E-state index is 10.7. The van der Waals surface area contributed by atoms with Gasteiger partial charge in [0, 0.05) is 5.56 Å². The molecule has 0 atom stereocenters. The van der Waals surface area contributed by atoms with Crippen LogP contribution in [0.5, 0.6) is 11.5 Å². The van der Waals surface area contributed by atoms with Crippen molar-refractivity contribution in [3.8, 4) is 11.5 Å². The van der Waals surface area contributed by atoms with Gasteiger partial charge in [-0.2, -0.15) is 0 Å². The predicted molar refractivity (Wildman–Crippen MR) is 117 cm³/mol. The molecule has 3 rings (SSSR count). The van der Waals surface area contributed by atoms with Crippen molar-refractivity contribution in [2.75, 3.05) is 7.11 Å². The molecule has 2 nitrogen and oxygen atoms in total. The largest absolute Gasteiger partial charge is 0.508 e. The molecule has 0 aliphatic rings. The minimum atomic E-state index is -0.110. The van der Waals surface area contributed by atoms with E-state index in [1.807, 2.05) is 6.07 Å². The predicted octanol–water partition coefficient (Wildman–Crippen LogP) is 6.92. The lowest BCUT2D eigenvalue weighted by Crippen LogP contribution is -2.13. The summed E-state index contributed by atoms with van der Waals surface area (Å²) in [7, 11) is 1.75. The van der Waals surface area contributed by atoms with Crippen molar-refractivity contribution >= 4 is 21.5 Å². The number of ether oxygens (including phenoxy) is 1. The van der Waals surface area contributed by atoms with Crippen LogP contribution in [-0.2, 0) is 10.8 Å². The fourth-order valence-electron chi connectivity index (χ4n) is 4.05. The molecular weight excluding hydrogens is 332 g/mol. The summed E-state index contributed by atoms with van der Waals surface area (Å²) in [4.78, 5) is 0. The number of hydrogen-bond acceptors (Lipinski definition) is 2. The van der Waals surface area contributed by atoms with Gasteiger partial charge in [-0.15, -0.1) is 0 Å². The summed E-state index contributed by atoms with van der Waals surface area (Å²) >= 11 is 0. The monoisotopic (exact) mass is 364 g/mol. The average Bonchev–Trinajstić information content (AvgIpc) is 2.56. The highest BCUT2D eigenvalue weighted by atomic mass is 16.5. The van der Waals surface area contributed by atoms with Gasteiger partial charge in [0.15, 0.2) is 0 Å². The molecule has 0 aliphatic heterocycles. The molecular formula is C25H32O2. The number of phenolic OH excluding ortho intramolecular Hbond substituents is 1. The number of fused-ring (bicyclic) bond motifs is 2. The standard InChI is InChI=1S/C25H32O2/c1-14-17-11-21(25(6,7)8)23(27-9)13-19(17)15(2)16-10-20(24(3,4)5)22(26)12-18(14)16/h10-13,26H,1-9H3. The molecule has 0 spiro atoms. The number of hydrogen-bond donors (Lipinski definition) is 1. The van der Waals surface area contributed by atoms with Crippen LogP contribution in [0.15, 0.2) is 24.3 Å². The third-order valence-corrected chi connectivity index (χ3v) is 5.71. The Hall–Kier alpha value is -2.22. The van der Waals surface area contributed by atoms with Crippen LogP contribution in [0.25, 0.3) is 21.5 Å². The van der Waals surface area contributed by atoms with E-state index < -0.39 is 0 Å². The molecule has 0 saturated heterocycles. The first-order valence-corrected chi connectivity index (χ1v) is 9.65. The lowest BCUT2D eigenvalue weighted by molar-refractivity contribution is 0.398. The molecule has 0 fully saturated rings. The van der Waals surface area contributed by atoms with Crippen molar-refractivity contribution in [1.82, 2.24) is 0 Å². The molecule has 0 heterocycles. The Morgan fingerprint density at radius 2 is 1.07 bits per heavy atom. The molecule has 2 heteroatoms. The number of methoxy groups -OCH3 is 1. The molecule has 1 N–H and O–H groups in total. The van der Waals surface area contributed by atoms with E-state index in [9.17, 15) is 5.11 Å². The van der Waals surface area contributed by atoms with E-state index in [0.29, 0.717) is 5.75 Å². The summed E-state index contributed by atoms with van der Waals surface area (Å²) in [5.74, 6) is 1.31. The lowest BCUT2D eigenvalue weighted by atomic mass is 9.81. The zero-order chi connectivity index (χ0) is 20.3. The Balaban J connectivity index is 2.50. The first-order chi connectivity index (χ1) is 12.4. The Morgan fingerprint density at radius 1 is 0.667 bits per heavy atom. The fourth-order valence-corrected chi connectivity index (χ4v) is 4.05. The summed E-state index contributed by atoms with van der Waals surface area (Å²) in [6.07, 6.45) is 0. The zero-order valence-corrected chi connectivity index (χ0v) is 18.2. The summed E-state index contributed by atoms with van der Waals surface area (Å²) in [5, 5.41) is 15.4. The highest BCUT2D eigenvalue weighted by molar-refractivity contribution is 6.07. The van der Waals surface area contributed by atoms with Crippen LogP contribution < -0.4 is 4.74 Å². The molecule has 0 aromatic heterocycles. The van der Waals surface area contributed by atoms with Crippen LogP contribution in [0, 0.1) is 13.8 Å². The minimum Gasteiger partial charge on any atom is -0.508 e. The summed E-state index contributed by atoms with van der Waals surface area (Å²) < 4.78 is 5.74. The second-order valence-corrected chi connectivity index (χ2v) is 9.76. The quantitative estimate of drug-likeness (QED) is 0.475. The van der Waals surface area contributed by atoms with Gasteiger partial charge in [-0.25, -0.2) is 0 Å². The number of rotatable bonds is 1. The first kappa shape index (κ1) is 19.5. The van der Waals surface area contributed by atoms with E-state index >= 15 is 0 Å². The number of aromatic hydroxyl groups is 1. The van der Waals surface area contributed by atoms with Crippen LogP contribution in [0.4, 0.5) is 0 Å². The van der Waals surface area contributed by atoms with Gasteiger partial charge in [-0.3, -0.25) is 0 Å². The third kappa shape index (κ3) is 3.16.